The number of carbonyl (C=O) groups is 2. The Kier molecular flexibility index (Phi) is 7.22. The van der Waals surface area contributed by atoms with Gasteiger partial charge in [0.15, 0.2) is 0 Å². The number of aromatic carboxylic acids is 1. The molecule has 0 spiro atoms. The van der Waals surface area contributed by atoms with Crippen LogP contribution in [0.25, 0.3) is 0 Å². The van der Waals surface area contributed by atoms with Crippen LogP contribution in [0.4, 0.5) is 10.5 Å². The normalized spacial score (nSPS) is 24.1. The molecule has 0 radical (unpaired) electrons. The Labute approximate surface area is 218 Å². The average Bonchev–Trinajstić information content (AvgIpc) is 2.77. The van der Waals surface area contributed by atoms with Crippen molar-refractivity contribution in [2.75, 3.05) is 18.6 Å². The lowest BCUT2D eigenvalue weighted by molar-refractivity contribution is 0.0697. The molecule has 36 heavy (non-hydrogen) atoms. The molecular weight excluding hydrogens is 476 g/mol. The highest BCUT2D eigenvalue weighted by atomic mass is 35.5. The summed E-state index contributed by atoms with van der Waals surface area (Å²) in [5.41, 5.74) is 3.35. The number of methoxy groups -OCH3 is 1. The molecule has 1 heterocycles. The lowest BCUT2D eigenvalue weighted by Crippen LogP contribution is -2.54. The van der Waals surface area contributed by atoms with Crippen LogP contribution >= 0.6 is 11.6 Å². The van der Waals surface area contributed by atoms with Crippen LogP contribution in [-0.2, 0) is 10.3 Å². The monoisotopic (exact) mass is 510 g/mol. The van der Waals surface area contributed by atoms with Crippen LogP contribution in [0.15, 0.2) is 54.2 Å². The molecular formula is C29H35ClN2O4. The van der Waals surface area contributed by atoms with Crippen molar-refractivity contribution in [3.05, 3.63) is 76.0 Å². The zero-order valence-corrected chi connectivity index (χ0v) is 22.4. The standard InChI is InChI=1S/C29H35ClN2O4/c1-28(2,3)22-14-19(15-22)24-11-8-20(16-25(24)30)29(4)21(12-13-36-5)17-32(27(35)31-29)23-9-6-18(7-10-23)26(33)34/h6-11,16-17,19,22H,12-15H2,1-5H3,(H,31,35)(H,33,34)/t19-,22+,29-/m0/s1. The third-order valence-electron chi connectivity index (χ3n) is 7.85. The molecule has 4 rings (SSSR count). The molecule has 192 valence electrons. The van der Waals surface area contributed by atoms with E-state index in [4.69, 9.17) is 16.3 Å². The molecule has 1 atom stereocenters. The number of anilines is 1. The first kappa shape index (κ1) is 26.2. The SMILES string of the molecule is COCCC1=CN(c2ccc(C(=O)O)cc2)C(=O)N[C@@]1(C)c1ccc([C@H]2C[C@@H](C(C)(C)C)C2)c(Cl)c1. The molecule has 2 aromatic carbocycles. The van der Waals surface area contributed by atoms with Crippen molar-refractivity contribution in [2.24, 2.45) is 11.3 Å². The molecule has 1 fully saturated rings. The van der Waals surface area contributed by atoms with Crippen molar-refractivity contribution in [1.29, 1.82) is 0 Å². The third kappa shape index (κ3) is 5.02. The zero-order valence-electron chi connectivity index (χ0n) is 21.6. The second-order valence-electron chi connectivity index (χ2n) is 11.1. The molecule has 2 aromatic rings. The van der Waals surface area contributed by atoms with E-state index in [9.17, 15) is 14.7 Å². The Morgan fingerprint density at radius 3 is 2.42 bits per heavy atom. The molecule has 2 amide bonds. The number of ether oxygens (including phenoxy) is 1. The molecule has 0 unspecified atom stereocenters. The number of carboxylic acid groups (broad SMARTS) is 1. The van der Waals surface area contributed by atoms with Gasteiger partial charge >= 0.3 is 12.0 Å². The number of urea groups is 1. The number of carbonyl (C=O) groups excluding carboxylic acids is 1. The summed E-state index contributed by atoms with van der Waals surface area (Å²) in [6, 6.07) is 12.1. The maximum atomic E-state index is 13.3. The van der Waals surface area contributed by atoms with E-state index in [0.717, 1.165) is 29.0 Å². The zero-order chi connectivity index (χ0) is 26.3. The number of hydrogen-bond donors (Lipinski definition) is 2. The van der Waals surface area contributed by atoms with Crippen molar-refractivity contribution in [3.63, 3.8) is 0 Å². The lowest BCUT2D eigenvalue weighted by Gasteiger charge is -2.44. The van der Waals surface area contributed by atoms with Gasteiger partial charge in [-0.1, -0.05) is 44.5 Å². The molecule has 0 aromatic heterocycles. The number of nitrogens with one attached hydrogen (secondary N) is 1. The van der Waals surface area contributed by atoms with Gasteiger partial charge in [-0.2, -0.15) is 0 Å². The van der Waals surface area contributed by atoms with Crippen LogP contribution in [0.2, 0.25) is 5.02 Å². The van der Waals surface area contributed by atoms with Gasteiger partial charge in [-0.15, -0.1) is 0 Å². The van der Waals surface area contributed by atoms with Crippen LogP contribution in [0.1, 0.15) is 74.4 Å². The summed E-state index contributed by atoms with van der Waals surface area (Å²) in [4.78, 5) is 26.0. The Hall–Kier alpha value is -2.83. The van der Waals surface area contributed by atoms with E-state index in [0.29, 0.717) is 36.0 Å². The highest BCUT2D eigenvalue weighted by Crippen LogP contribution is 2.51. The summed E-state index contributed by atoms with van der Waals surface area (Å²) in [6.07, 6.45) is 4.72. The number of benzene rings is 2. The summed E-state index contributed by atoms with van der Waals surface area (Å²) in [5.74, 6) is 0.162. The van der Waals surface area contributed by atoms with Gasteiger partial charge in [0.25, 0.3) is 0 Å². The number of nitrogens with zero attached hydrogens (tertiary/aromatic N) is 1. The molecule has 2 N–H and O–H groups in total. The van der Waals surface area contributed by atoms with Crippen LogP contribution in [-0.4, -0.2) is 30.8 Å². The Bertz CT molecular complexity index is 1180. The largest absolute Gasteiger partial charge is 0.478 e. The molecule has 7 heteroatoms. The number of amides is 2. The predicted octanol–water partition coefficient (Wildman–Crippen LogP) is 6.94. The second-order valence-corrected chi connectivity index (χ2v) is 11.5. The molecule has 1 aliphatic carbocycles. The highest BCUT2D eigenvalue weighted by Gasteiger charge is 2.41. The van der Waals surface area contributed by atoms with E-state index in [-0.39, 0.29) is 11.6 Å². The second kappa shape index (κ2) is 9.91. The van der Waals surface area contributed by atoms with Crippen molar-refractivity contribution in [2.45, 2.75) is 58.4 Å². The lowest BCUT2D eigenvalue weighted by atomic mass is 9.61. The highest BCUT2D eigenvalue weighted by molar-refractivity contribution is 6.31. The van der Waals surface area contributed by atoms with Crippen LogP contribution in [0.3, 0.4) is 0 Å². The number of halogens is 1. The van der Waals surface area contributed by atoms with Crippen LogP contribution < -0.4 is 10.2 Å². The number of hydrogen-bond acceptors (Lipinski definition) is 3. The van der Waals surface area contributed by atoms with Gasteiger partial charge < -0.3 is 15.2 Å². The fourth-order valence-electron chi connectivity index (χ4n) is 5.19. The van der Waals surface area contributed by atoms with Crippen molar-refractivity contribution >= 4 is 29.3 Å². The molecule has 2 aliphatic rings. The summed E-state index contributed by atoms with van der Waals surface area (Å²) < 4.78 is 5.35. The van der Waals surface area contributed by atoms with Crippen LogP contribution in [0.5, 0.6) is 0 Å². The van der Waals surface area contributed by atoms with E-state index in [1.54, 1.807) is 19.2 Å². The summed E-state index contributed by atoms with van der Waals surface area (Å²) in [7, 11) is 1.65. The van der Waals surface area contributed by atoms with Crippen molar-refractivity contribution in [1.82, 2.24) is 5.32 Å². The topological polar surface area (TPSA) is 78.9 Å². The first-order valence-electron chi connectivity index (χ1n) is 12.4. The molecule has 0 bridgehead atoms. The van der Waals surface area contributed by atoms with E-state index < -0.39 is 11.5 Å². The van der Waals surface area contributed by atoms with Crippen molar-refractivity contribution < 1.29 is 19.4 Å². The quantitative estimate of drug-likeness (QED) is 0.422. The van der Waals surface area contributed by atoms with E-state index >= 15 is 0 Å². The summed E-state index contributed by atoms with van der Waals surface area (Å²) >= 11 is 6.82. The van der Waals surface area contributed by atoms with Crippen molar-refractivity contribution in [3.8, 4) is 0 Å². The smallest absolute Gasteiger partial charge is 0.335 e. The van der Waals surface area contributed by atoms with E-state index in [1.807, 2.05) is 19.2 Å². The molecule has 0 saturated heterocycles. The van der Waals surface area contributed by atoms with E-state index in [2.05, 4.69) is 38.2 Å². The Balaban J connectivity index is 1.63. The van der Waals surface area contributed by atoms with Gasteiger partial charge in [0.2, 0.25) is 0 Å². The summed E-state index contributed by atoms with van der Waals surface area (Å²) in [5, 5.41) is 13.1. The maximum absolute atomic E-state index is 13.3. The van der Waals surface area contributed by atoms with Gasteiger partial charge in [0.05, 0.1) is 23.4 Å². The summed E-state index contributed by atoms with van der Waals surface area (Å²) in [6.45, 7) is 9.36. The van der Waals surface area contributed by atoms with Crippen LogP contribution in [0, 0.1) is 11.3 Å². The fourth-order valence-corrected chi connectivity index (χ4v) is 5.52. The first-order chi connectivity index (χ1) is 16.9. The maximum Gasteiger partial charge on any atom is 0.335 e. The Morgan fingerprint density at radius 1 is 1.19 bits per heavy atom. The van der Waals surface area contributed by atoms with Gasteiger partial charge in [0, 0.05) is 18.3 Å². The van der Waals surface area contributed by atoms with Gasteiger partial charge in [-0.25, -0.2) is 9.59 Å². The molecule has 1 saturated carbocycles. The minimum absolute atomic E-state index is 0.166. The minimum atomic E-state index is -1.01. The average molecular weight is 511 g/mol. The molecule has 1 aliphatic heterocycles. The van der Waals surface area contributed by atoms with Gasteiger partial charge in [-0.3, -0.25) is 4.90 Å². The number of carboxylic acids is 1. The number of rotatable bonds is 7. The fraction of sp³-hybridized carbons (Fsp3) is 0.448. The predicted molar refractivity (Wildman–Crippen MR) is 143 cm³/mol. The Morgan fingerprint density at radius 2 is 1.86 bits per heavy atom. The van der Waals surface area contributed by atoms with Gasteiger partial charge in [0.1, 0.15) is 0 Å². The van der Waals surface area contributed by atoms with E-state index in [1.165, 1.54) is 22.6 Å². The minimum Gasteiger partial charge on any atom is -0.478 e. The third-order valence-corrected chi connectivity index (χ3v) is 8.18. The molecule has 6 nitrogen and oxygen atoms in total. The first-order valence-corrected chi connectivity index (χ1v) is 12.8. The van der Waals surface area contributed by atoms with Gasteiger partial charge in [-0.05, 0) is 90.5 Å².